The fourth-order valence-electron chi connectivity index (χ4n) is 2.30. The zero-order valence-corrected chi connectivity index (χ0v) is 13.4. The number of aliphatic hydroxyl groups is 1. The van der Waals surface area contributed by atoms with Crippen molar-refractivity contribution >= 4 is 5.95 Å². The van der Waals surface area contributed by atoms with E-state index in [-0.39, 0.29) is 0 Å². The highest BCUT2D eigenvalue weighted by molar-refractivity contribution is 5.58. The number of allylic oxidation sites excluding steroid dienone is 1. The minimum absolute atomic E-state index is 0.475. The number of aliphatic hydroxyl groups excluding tert-OH is 1. The van der Waals surface area contributed by atoms with Gasteiger partial charge in [-0.2, -0.15) is 0 Å². The van der Waals surface area contributed by atoms with E-state index in [1.165, 1.54) is 0 Å². The molecule has 0 unspecified atom stereocenters. The molecular weight excluding hydrogens is 306 g/mol. The lowest BCUT2D eigenvalue weighted by molar-refractivity contribution is 0.199. The fraction of sp³-hybridized carbons (Fsp3) is 0.235. The van der Waals surface area contributed by atoms with Crippen molar-refractivity contribution in [2.75, 3.05) is 5.32 Å². The van der Waals surface area contributed by atoms with Gasteiger partial charge in [0.2, 0.25) is 5.95 Å². The number of anilines is 1. The molecule has 0 amide bonds. The maximum Gasteiger partial charge on any atom is 0.243 e. The van der Waals surface area contributed by atoms with Crippen LogP contribution in [0.5, 0.6) is 0 Å². The second kappa shape index (κ2) is 7.10. The molecule has 0 aliphatic rings. The van der Waals surface area contributed by atoms with Gasteiger partial charge in [-0.3, -0.25) is 0 Å². The highest BCUT2D eigenvalue weighted by atomic mass is 16.3. The molecule has 3 rings (SSSR count). The van der Waals surface area contributed by atoms with Gasteiger partial charge in [0, 0.05) is 5.56 Å². The van der Waals surface area contributed by atoms with Crippen molar-refractivity contribution < 1.29 is 9.52 Å². The summed E-state index contributed by atoms with van der Waals surface area (Å²) < 4.78 is 7.46. The molecule has 0 spiro atoms. The second-order valence-electron chi connectivity index (χ2n) is 5.39. The summed E-state index contributed by atoms with van der Waals surface area (Å²) in [7, 11) is 0. The van der Waals surface area contributed by atoms with Crippen LogP contribution in [0, 0.1) is 0 Å². The van der Waals surface area contributed by atoms with Crippen LogP contribution in [0.25, 0.3) is 11.3 Å². The second-order valence-corrected chi connectivity index (χ2v) is 5.39. The van der Waals surface area contributed by atoms with E-state index in [4.69, 9.17) is 4.42 Å². The third-order valence-corrected chi connectivity index (χ3v) is 3.59. The van der Waals surface area contributed by atoms with Crippen LogP contribution in [0.15, 0.2) is 53.5 Å². The number of aromatic nitrogens is 4. The molecule has 3 aromatic rings. The Labute approximate surface area is 139 Å². The largest absolute Gasteiger partial charge is 0.459 e. The van der Waals surface area contributed by atoms with E-state index >= 15 is 0 Å². The van der Waals surface area contributed by atoms with E-state index in [1.807, 2.05) is 36.4 Å². The summed E-state index contributed by atoms with van der Waals surface area (Å²) in [5, 5.41) is 24.1. The van der Waals surface area contributed by atoms with Crippen LogP contribution in [-0.4, -0.2) is 25.3 Å². The minimum Gasteiger partial charge on any atom is -0.459 e. The Kier molecular flexibility index (Phi) is 4.72. The summed E-state index contributed by atoms with van der Waals surface area (Å²) >= 11 is 0. The molecule has 0 radical (unpaired) electrons. The summed E-state index contributed by atoms with van der Waals surface area (Å²) in [6.45, 7) is 6.42. The first-order valence-electron chi connectivity index (χ1n) is 7.65. The molecule has 2 N–H and O–H groups in total. The Balaban J connectivity index is 1.67. The molecule has 1 atom stereocenters. The van der Waals surface area contributed by atoms with Crippen molar-refractivity contribution in [3.63, 3.8) is 0 Å². The topological polar surface area (TPSA) is 89.0 Å². The fourth-order valence-corrected chi connectivity index (χ4v) is 2.30. The monoisotopic (exact) mass is 325 g/mol. The normalized spacial score (nSPS) is 12.1. The number of benzene rings is 1. The Hall–Kier alpha value is -2.93. The smallest absolute Gasteiger partial charge is 0.243 e. The first-order valence-corrected chi connectivity index (χ1v) is 7.65. The van der Waals surface area contributed by atoms with Gasteiger partial charge in [-0.25, -0.2) is 4.68 Å². The van der Waals surface area contributed by atoms with Gasteiger partial charge in [0.05, 0.1) is 19.2 Å². The van der Waals surface area contributed by atoms with Crippen LogP contribution in [0.3, 0.4) is 0 Å². The average Bonchev–Trinajstić information content (AvgIpc) is 3.23. The van der Waals surface area contributed by atoms with Crippen LogP contribution in [0.2, 0.25) is 0 Å². The van der Waals surface area contributed by atoms with E-state index in [1.54, 1.807) is 17.7 Å². The van der Waals surface area contributed by atoms with Crippen molar-refractivity contribution in [3.8, 4) is 11.3 Å². The summed E-state index contributed by atoms with van der Waals surface area (Å²) in [6, 6.07) is 11.5. The number of hydrogen-bond donors (Lipinski definition) is 2. The van der Waals surface area contributed by atoms with E-state index in [2.05, 4.69) is 27.4 Å². The number of rotatable bonds is 7. The van der Waals surface area contributed by atoms with Crippen molar-refractivity contribution in [2.45, 2.75) is 26.1 Å². The molecule has 0 saturated carbocycles. The van der Waals surface area contributed by atoms with Gasteiger partial charge >= 0.3 is 0 Å². The van der Waals surface area contributed by atoms with Crippen molar-refractivity contribution in [1.29, 1.82) is 0 Å². The third-order valence-electron chi connectivity index (χ3n) is 3.59. The Morgan fingerprint density at radius 2 is 2.08 bits per heavy atom. The van der Waals surface area contributed by atoms with Gasteiger partial charge in [-0.15, -0.1) is 6.58 Å². The van der Waals surface area contributed by atoms with E-state index in [9.17, 15) is 5.11 Å². The lowest BCUT2D eigenvalue weighted by Crippen LogP contribution is -2.07. The number of nitrogens with one attached hydrogen (secondary N) is 1. The quantitative estimate of drug-likeness (QED) is 0.649. The molecule has 2 aromatic heterocycles. The average molecular weight is 325 g/mol. The molecule has 7 heteroatoms. The van der Waals surface area contributed by atoms with Gasteiger partial charge in [-0.05, 0) is 35.0 Å². The van der Waals surface area contributed by atoms with Crippen LogP contribution in [0.4, 0.5) is 5.95 Å². The zero-order valence-electron chi connectivity index (χ0n) is 13.4. The molecule has 0 aliphatic heterocycles. The first-order chi connectivity index (χ1) is 11.7. The van der Waals surface area contributed by atoms with Crippen molar-refractivity contribution in [2.24, 2.45) is 0 Å². The van der Waals surface area contributed by atoms with Gasteiger partial charge in [-0.1, -0.05) is 35.4 Å². The van der Waals surface area contributed by atoms with Gasteiger partial charge in [0.25, 0.3) is 0 Å². The van der Waals surface area contributed by atoms with Crippen LogP contribution in [0.1, 0.15) is 24.4 Å². The molecule has 1 aromatic carbocycles. The lowest BCUT2D eigenvalue weighted by atomic mass is 10.1. The van der Waals surface area contributed by atoms with E-state index in [0.29, 0.717) is 19.0 Å². The maximum atomic E-state index is 9.55. The number of hydrogen-bond acceptors (Lipinski definition) is 6. The summed E-state index contributed by atoms with van der Waals surface area (Å²) in [5.74, 6) is 2.11. The van der Waals surface area contributed by atoms with E-state index in [0.717, 1.165) is 22.6 Å². The highest BCUT2D eigenvalue weighted by Crippen LogP contribution is 2.24. The minimum atomic E-state index is -0.475. The third kappa shape index (κ3) is 3.52. The summed E-state index contributed by atoms with van der Waals surface area (Å²) in [4.78, 5) is 0. The molecule has 2 heterocycles. The molecule has 7 nitrogen and oxygen atoms in total. The Bertz CT molecular complexity index is 805. The molecule has 0 aliphatic carbocycles. The van der Waals surface area contributed by atoms with Crippen LogP contribution >= 0.6 is 0 Å². The van der Waals surface area contributed by atoms with Crippen LogP contribution < -0.4 is 5.32 Å². The number of furan rings is 1. The number of tetrazole rings is 1. The van der Waals surface area contributed by atoms with Gasteiger partial charge in [0.15, 0.2) is 0 Å². The predicted octanol–water partition coefficient (Wildman–Crippen LogP) is 2.78. The standard InChI is InChI=1S/C17H19N5O2/c1-3-10-22-17(19-20-21-22)18-11-15-8-9-16(24-15)14-6-4-13(5-7-14)12(2)23/h3-9,12,23H,1,10-11H2,2H3,(H,18,19,21)/t12-/m1/s1. The first kappa shape index (κ1) is 15.9. The van der Waals surface area contributed by atoms with Crippen LogP contribution in [-0.2, 0) is 13.1 Å². The SMILES string of the molecule is C=CCn1nnnc1NCc1ccc(-c2ccc([C@@H](C)O)cc2)o1. The Morgan fingerprint density at radius 3 is 2.79 bits per heavy atom. The molecule has 124 valence electrons. The molecular formula is C17H19N5O2. The maximum absolute atomic E-state index is 9.55. The molecule has 0 bridgehead atoms. The zero-order chi connectivity index (χ0) is 16.9. The van der Waals surface area contributed by atoms with Crippen molar-refractivity contribution in [1.82, 2.24) is 20.2 Å². The van der Waals surface area contributed by atoms with Gasteiger partial charge < -0.3 is 14.8 Å². The Morgan fingerprint density at radius 1 is 1.29 bits per heavy atom. The predicted molar refractivity (Wildman–Crippen MR) is 90.1 cm³/mol. The lowest BCUT2D eigenvalue weighted by Gasteiger charge is -2.05. The summed E-state index contributed by atoms with van der Waals surface area (Å²) in [5.41, 5.74) is 1.84. The van der Waals surface area contributed by atoms with Gasteiger partial charge in [0.1, 0.15) is 11.5 Å². The number of nitrogens with zero attached hydrogens (tertiary/aromatic N) is 4. The highest BCUT2D eigenvalue weighted by Gasteiger charge is 2.08. The molecule has 0 fully saturated rings. The van der Waals surface area contributed by atoms with Crippen molar-refractivity contribution in [3.05, 3.63) is 60.4 Å². The summed E-state index contributed by atoms with van der Waals surface area (Å²) in [6.07, 6.45) is 1.25. The van der Waals surface area contributed by atoms with E-state index < -0.39 is 6.10 Å². The molecule has 24 heavy (non-hydrogen) atoms. The molecule has 0 saturated heterocycles.